The minimum Gasteiger partial charge on any atom is -0.319 e. The minimum absolute atomic E-state index is 0.228. The highest BCUT2D eigenvalue weighted by molar-refractivity contribution is 6.85. The predicted molar refractivity (Wildman–Crippen MR) is 107 cm³/mol. The Balaban J connectivity index is 1.66. The first kappa shape index (κ1) is 15.0. The van der Waals surface area contributed by atoms with Crippen LogP contribution in [0.15, 0.2) is 97.1 Å². The molecular formula is C22H16BFN2. The van der Waals surface area contributed by atoms with E-state index >= 15 is 0 Å². The number of benzene rings is 3. The molecule has 3 aromatic rings. The molecular weight excluding hydrogens is 322 g/mol. The second-order valence-electron chi connectivity index (χ2n) is 6.47. The highest BCUT2D eigenvalue weighted by Crippen LogP contribution is 2.35. The van der Waals surface area contributed by atoms with Crippen LogP contribution >= 0.6 is 0 Å². The Bertz CT molecular complexity index is 1030. The molecule has 3 aromatic carbocycles. The fraction of sp³-hybridized carbons (Fsp3) is 0. The lowest BCUT2D eigenvalue weighted by Gasteiger charge is -2.36. The average molecular weight is 338 g/mol. The predicted octanol–water partition coefficient (Wildman–Crippen LogP) is 4.94. The van der Waals surface area contributed by atoms with Crippen LogP contribution in [0.5, 0.6) is 0 Å². The van der Waals surface area contributed by atoms with Gasteiger partial charge in [-0.25, -0.2) is 4.39 Å². The number of hydrogen-bond donors (Lipinski definition) is 0. The lowest BCUT2D eigenvalue weighted by Crippen LogP contribution is -2.41. The van der Waals surface area contributed by atoms with Gasteiger partial charge in [-0.1, -0.05) is 42.3 Å². The zero-order chi connectivity index (χ0) is 17.5. The molecule has 0 unspecified atom stereocenters. The third-order valence-electron chi connectivity index (χ3n) is 4.92. The maximum atomic E-state index is 13.7. The van der Waals surface area contributed by atoms with Gasteiger partial charge in [0.1, 0.15) is 5.82 Å². The van der Waals surface area contributed by atoms with Gasteiger partial charge in [-0.3, -0.25) is 0 Å². The van der Waals surface area contributed by atoms with Crippen molar-refractivity contribution in [2.24, 2.45) is 0 Å². The van der Waals surface area contributed by atoms with Crippen molar-refractivity contribution in [3.63, 3.8) is 0 Å². The Kier molecular flexibility index (Phi) is 3.42. The first-order valence-corrected chi connectivity index (χ1v) is 8.70. The van der Waals surface area contributed by atoms with E-state index in [9.17, 15) is 4.39 Å². The van der Waals surface area contributed by atoms with E-state index in [0.717, 1.165) is 22.7 Å². The van der Waals surface area contributed by atoms with Gasteiger partial charge in [-0.15, -0.1) is 0 Å². The summed E-state index contributed by atoms with van der Waals surface area (Å²) in [6, 6.07) is 23.3. The second-order valence-corrected chi connectivity index (χ2v) is 6.47. The van der Waals surface area contributed by atoms with E-state index in [-0.39, 0.29) is 12.5 Å². The lowest BCUT2D eigenvalue weighted by molar-refractivity contribution is 0.628. The van der Waals surface area contributed by atoms with Gasteiger partial charge < -0.3 is 9.80 Å². The molecule has 0 radical (unpaired) electrons. The molecule has 2 nitrogen and oxygen atoms in total. The van der Waals surface area contributed by atoms with E-state index in [0.29, 0.717) is 0 Å². The molecule has 0 atom stereocenters. The molecule has 26 heavy (non-hydrogen) atoms. The molecule has 0 saturated heterocycles. The van der Waals surface area contributed by atoms with Crippen molar-refractivity contribution in [1.82, 2.24) is 0 Å². The largest absolute Gasteiger partial charge is 0.319 e. The molecule has 4 heteroatoms. The van der Waals surface area contributed by atoms with Crippen LogP contribution in [-0.4, -0.2) is 6.71 Å². The molecule has 124 valence electrons. The van der Waals surface area contributed by atoms with E-state index in [2.05, 4.69) is 58.3 Å². The van der Waals surface area contributed by atoms with E-state index < -0.39 is 0 Å². The fourth-order valence-electron chi connectivity index (χ4n) is 3.74. The SMILES string of the molecule is Fc1cccc(N2C=CB3C=CN(c4ccccc4)c4cccc2c43)c1. The van der Waals surface area contributed by atoms with Gasteiger partial charge in [-0.05, 0) is 60.3 Å². The smallest absolute Gasteiger partial charge is 0.234 e. The highest BCUT2D eigenvalue weighted by Gasteiger charge is 2.30. The average Bonchev–Trinajstić information content (AvgIpc) is 2.69. The van der Waals surface area contributed by atoms with E-state index in [1.54, 1.807) is 12.1 Å². The molecule has 2 heterocycles. The summed E-state index contributed by atoms with van der Waals surface area (Å²) in [5, 5.41) is 0. The summed E-state index contributed by atoms with van der Waals surface area (Å²) in [5.41, 5.74) is 5.44. The van der Waals surface area contributed by atoms with Gasteiger partial charge in [0.05, 0.1) is 0 Å². The molecule has 2 aliphatic heterocycles. The first-order valence-electron chi connectivity index (χ1n) is 8.70. The van der Waals surface area contributed by atoms with E-state index in [4.69, 9.17) is 0 Å². The highest BCUT2D eigenvalue weighted by atomic mass is 19.1. The zero-order valence-electron chi connectivity index (χ0n) is 14.1. The zero-order valence-corrected chi connectivity index (χ0v) is 14.1. The number of hydrogen-bond acceptors (Lipinski definition) is 2. The van der Waals surface area contributed by atoms with Crippen molar-refractivity contribution in [1.29, 1.82) is 0 Å². The molecule has 0 aromatic heterocycles. The van der Waals surface area contributed by atoms with Crippen LogP contribution in [0.25, 0.3) is 0 Å². The number of anilines is 4. The number of para-hydroxylation sites is 1. The van der Waals surface area contributed by atoms with Crippen LogP contribution in [0.2, 0.25) is 0 Å². The van der Waals surface area contributed by atoms with Gasteiger partial charge in [0.15, 0.2) is 0 Å². The molecule has 0 saturated carbocycles. The van der Waals surface area contributed by atoms with Crippen molar-refractivity contribution in [2.75, 3.05) is 9.80 Å². The Labute approximate surface area is 152 Å². The minimum atomic E-state index is -0.228. The summed E-state index contributed by atoms with van der Waals surface area (Å²) in [6.45, 7) is 0.228. The lowest BCUT2D eigenvalue weighted by atomic mass is 9.42. The van der Waals surface area contributed by atoms with Crippen LogP contribution < -0.4 is 15.3 Å². The third kappa shape index (κ3) is 2.34. The third-order valence-corrected chi connectivity index (χ3v) is 4.92. The fourth-order valence-corrected chi connectivity index (χ4v) is 3.74. The number of nitrogens with zero attached hydrogens (tertiary/aromatic N) is 2. The van der Waals surface area contributed by atoms with Crippen molar-refractivity contribution in [3.8, 4) is 0 Å². The summed E-state index contributed by atoms with van der Waals surface area (Å²) < 4.78 is 13.7. The summed E-state index contributed by atoms with van der Waals surface area (Å²) in [7, 11) is 0. The summed E-state index contributed by atoms with van der Waals surface area (Å²) in [5.74, 6) is 4.14. The second kappa shape index (κ2) is 5.92. The van der Waals surface area contributed by atoms with Gasteiger partial charge in [0.25, 0.3) is 0 Å². The quantitative estimate of drug-likeness (QED) is 0.611. The molecule has 0 N–H and O–H groups in total. The van der Waals surface area contributed by atoms with Crippen LogP contribution in [0, 0.1) is 5.82 Å². The number of rotatable bonds is 2. The summed E-state index contributed by atoms with van der Waals surface area (Å²) in [4.78, 5) is 4.26. The first-order chi connectivity index (χ1) is 12.8. The molecule has 0 spiro atoms. The van der Waals surface area contributed by atoms with Crippen molar-refractivity contribution >= 4 is 34.9 Å². The van der Waals surface area contributed by atoms with Gasteiger partial charge in [0, 0.05) is 22.7 Å². The molecule has 2 aliphatic rings. The van der Waals surface area contributed by atoms with Crippen LogP contribution in [0.1, 0.15) is 0 Å². The Hall–Kier alpha value is -3.27. The Morgan fingerprint density at radius 3 is 1.96 bits per heavy atom. The normalized spacial score (nSPS) is 14.6. The molecule has 5 rings (SSSR count). The maximum absolute atomic E-state index is 13.7. The molecule has 0 bridgehead atoms. The number of halogens is 1. The van der Waals surface area contributed by atoms with Crippen LogP contribution in [0.3, 0.4) is 0 Å². The Morgan fingerprint density at radius 1 is 0.654 bits per heavy atom. The Morgan fingerprint density at radius 2 is 1.27 bits per heavy atom. The molecule has 0 amide bonds. The van der Waals surface area contributed by atoms with E-state index in [1.807, 2.05) is 30.5 Å². The van der Waals surface area contributed by atoms with Crippen LogP contribution in [0.4, 0.5) is 27.1 Å². The topological polar surface area (TPSA) is 6.48 Å². The molecule has 0 aliphatic carbocycles. The van der Waals surface area contributed by atoms with Gasteiger partial charge in [0.2, 0.25) is 6.71 Å². The van der Waals surface area contributed by atoms with Crippen LogP contribution in [-0.2, 0) is 0 Å². The van der Waals surface area contributed by atoms with Crippen molar-refractivity contribution < 1.29 is 4.39 Å². The monoisotopic (exact) mass is 338 g/mol. The summed E-state index contributed by atoms with van der Waals surface area (Å²) in [6.07, 6.45) is 4.17. The molecule has 0 fully saturated rings. The standard InChI is InChI=1S/C22H16BFN2/c24-17-6-4-9-19(16-17)26-15-13-23-12-14-25(18-7-2-1-3-8-18)20-10-5-11-21(26)22(20)23/h1-16H. The summed E-state index contributed by atoms with van der Waals surface area (Å²) >= 11 is 0. The maximum Gasteiger partial charge on any atom is 0.234 e. The van der Waals surface area contributed by atoms with Crippen molar-refractivity contribution in [3.05, 3.63) is 103 Å². The van der Waals surface area contributed by atoms with Crippen molar-refractivity contribution in [2.45, 2.75) is 0 Å². The van der Waals surface area contributed by atoms with Gasteiger partial charge >= 0.3 is 0 Å². The van der Waals surface area contributed by atoms with Gasteiger partial charge in [-0.2, -0.15) is 0 Å². The van der Waals surface area contributed by atoms with E-state index in [1.165, 1.54) is 11.5 Å².